The number of aliphatic imine (C=N–C) groups is 1. The molecule has 1 aromatic carbocycles. The molecule has 0 spiro atoms. The van der Waals surface area contributed by atoms with Crippen molar-refractivity contribution in [3.05, 3.63) is 64.5 Å². The monoisotopic (exact) mass is 368 g/mol. The number of Topliss-reactive ketones (excluding diaryl/α,β-unsaturated/α-hetero) is 1. The summed E-state index contributed by atoms with van der Waals surface area (Å²) in [5, 5.41) is 9.68. The number of hydrogen-bond donors (Lipinski definition) is 1. The van der Waals surface area contributed by atoms with Crippen molar-refractivity contribution in [3.8, 4) is 0 Å². The van der Waals surface area contributed by atoms with Crippen LogP contribution in [0.15, 0.2) is 41.4 Å². The highest BCUT2D eigenvalue weighted by Crippen LogP contribution is 2.25. The molecular weight excluding hydrogens is 344 g/mol. The molecule has 2 heterocycles. The molecule has 27 heavy (non-hydrogen) atoms. The van der Waals surface area contributed by atoms with Gasteiger partial charge in [0.15, 0.2) is 0 Å². The SMILES string of the molecule is COCc1nc(CC(=O)C[C@H](CO)c2ccccc2)cc2c1C(OC)=NC2. The van der Waals surface area contributed by atoms with Gasteiger partial charge in [-0.3, -0.25) is 9.78 Å². The molecule has 0 saturated heterocycles. The number of carbonyl (C=O) groups excluding carboxylic acids is 1. The van der Waals surface area contributed by atoms with E-state index in [0.29, 0.717) is 24.7 Å². The predicted molar refractivity (Wildman–Crippen MR) is 102 cm³/mol. The van der Waals surface area contributed by atoms with Crippen LogP contribution in [0.1, 0.15) is 40.4 Å². The Labute approximate surface area is 158 Å². The zero-order chi connectivity index (χ0) is 19.2. The van der Waals surface area contributed by atoms with E-state index < -0.39 is 0 Å². The molecular formula is C21H24N2O4. The van der Waals surface area contributed by atoms with Crippen LogP contribution in [0.5, 0.6) is 0 Å². The molecule has 0 radical (unpaired) electrons. The molecule has 3 rings (SSSR count). The van der Waals surface area contributed by atoms with E-state index in [1.54, 1.807) is 14.2 Å². The summed E-state index contributed by atoms with van der Waals surface area (Å²) in [4.78, 5) is 21.6. The zero-order valence-electron chi connectivity index (χ0n) is 15.6. The number of benzene rings is 1. The first-order valence-corrected chi connectivity index (χ1v) is 8.93. The molecule has 1 aliphatic rings. The molecule has 6 heteroatoms. The summed E-state index contributed by atoms with van der Waals surface area (Å²) in [5.74, 6) is 0.404. The van der Waals surface area contributed by atoms with E-state index in [-0.39, 0.29) is 31.1 Å². The maximum atomic E-state index is 12.6. The van der Waals surface area contributed by atoms with Gasteiger partial charge in [0.1, 0.15) is 5.78 Å². The lowest BCUT2D eigenvalue weighted by molar-refractivity contribution is -0.119. The fourth-order valence-electron chi connectivity index (χ4n) is 3.40. The standard InChI is InChI=1S/C21H24N2O4/c1-26-13-19-20-15(11-22-21(20)27-2)8-17(23-19)10-18(25)9-16(12-24)14-6-4-3-5-7-14/h3-8,16,24H,9-13H2,1-2H3/t16-/m1/s1. The minimum atomic E-state index is -0.199. The quantitative estimate of drug-likeness (QED) is 0.774. The summed E-state index contributed by atoms with van der Waals surface area (Å²) >= 11 is 0. The summed E-state index contributed by atoms with van der Waals surface area (Å²) in [6.07, 6.45) is 0.494. The highest BCUT2D eigenvalue weighted by molar-refractivity contribution is 5.98. The predicted octanol–water partition coefficient (Wildman–Crippen LogP) is 2.41. The van der Waals surface area contributed by atoms with Gasteiger partial charge in [-0.1, -0.05) is 30.3 Å². The van der Waals surface area contributed by atoms with Crippen LogP contribution in [0, 0.1) is 0 Å². The van der Waals surface area contributed by atoms with Crippen LogP contribution in [0.4, 0.5) is 0 Å². The molecule has 0 saturated carbocycles. The maximum absolute atomic E-state index is 12.6. The smallest absolute Gasteiger partial charge is 0.218 e. The van der Waals surface area contributed by atoms with Gasteiger partial charge in [-0.25, -0.2) is 4.99 Å². The second-order valence-electron chi connectivity index (χ2n) is 6.56. The molecule has 0 aliphatic carbocycles. The lowest BCUT2D eigenvalue weighted by Gasteiger charge is -2.14. The Balaban J connectivity index is 1.76. The van der Waals surface area contributed by atoms with Crippen molar-refractivity contribution in [3.63, 3.8) is 0 Å². The number of methoxy groups -OCH3 is 2. The van der Waals surface area contributed by atoms with Crippen molar-refractivity contribution in [1.82, 2.24) is 4.98 Å². The van der Waals surface area contributed by atoms with E-state index in [1.165, 1.54) is 0 Å². The number of ether oxygens (including phenoxy) is 2. The highest BCUT2D eigenvalue weighted by atomic mass is 16.5. The number of aromatic nitrogens is 1. The van der Waals surface area contributed by atoms with Gasteiger partial charge in [0, 0.05) is 31.6 Å². The lowest BCUT2D eigenvalue weighted by atomic mass is 9.93. The number of ketones is 1. The van der Waals surface area contributed by atoms with Crippen molar-refractivity contribution in [1.29, 1.82) is 0 Å². The summed E-state index contributed by atoms with van der Waals surface area (Å²) in [6.45, 7) is 0.783. The van der Waals surface area contributed by atoms with E-state index >= 15 is 0 Å². The third-order valence-electron chi connectivity index (χ3n) is 4.65. The zero-order valence-corrected chi connectivity index (χ0v) is 15.6. The number of fused-ring (bicyclic) bond motifs is 1. The van der Waals surface area contributed by atoms with Crippen molar-refractivity contribution in [2.75, 3.05) is 20.8 Å². The molecule has 1 aromatic heterocycles. The number of aliphatic hydroxyl groups excluding tert-OH is 1. The van der Waals surface area contributed by atoms with Gasteiger partial charge in [0.25, 0.3) is 0 Å². The van der Waals surface area contributed by atoms with Gasteiger partial charge in [-0.15, -0.1) is 0 Å². The molecule has 0 unspecified atom stereocenters. The van der Waals surface area contributed by atoms with Gasteiger partial charge in [-0.2, -0.15) is 0 Å². The summed E-state index contributed by atoms with van der Waals surface area (Å²) in [6, 6.07) is 11.5. The number of pyridine rings is 1. The fraction of sp³-hybridized carbons (Fsp3) is 0.381. The van der Waals surface area contributed by atoms with E-state index in [2.05, 4.69) is 9.98 Å². The average Bonchev–Trinajstić information content (AvgIpc) is 3.10. The highest BCUT2D eigenvalue weighted by Gasteiger charge is 2.24. The molecule has 2 aromatic rings. The second-order valence-corrected chi connectivity index (χ2v) is 6.56. The molecule has 142 valence electrons. The van der Waals surface area contributed by atoms with Crippen LogP contribution >= 0.6 is 0 Å². The number of rotatable bonds is 8. The third-order valence-corrected chi connectivity index (χ3v) is 4.65. The molecule has 1 atom stereocenters. The van der Waals surface area contributed by atoms with Crippen LogP contribution in [0.3, 0.4) is 0 Å². The van der Waals surface area contributed by atoms with Gasteiger partial charge in [0.05, 0.1) is 38.1 Å². The van der Waals surface area contributed by atoms with Crippen LogP contribution in [-0.2, 0) is 33.8 Å². The van der Waals surface area contributed by atoms with E-state index in [1.807, 2.05) is 36.4 Å². The molecule has 1 N–H and O–H groups in total. The van der Waals surface area contributed by atoms with Crippen LogP contribution in [-0.4, -0.2) is 42.6 Å². The van der Waals surface area contributed by atoms with E-state index in [9.17, 15) is 9.90 Å². The minimum Gasteiger partial charge on any atom is -0.481 e. The van der Waals surface area contributed by atoms with E-state index in [0.717, 1.165) is 22.4 Å². The van der Waals surface area contributed by atoms with Crippen LogP contribution < -0.4 is 0 Å². The normalized spacial score (nSPS) is 13.8. The Morgan fingerprint density at radius 3 is 2.70 bits per heavy atom. The Kier molecular flexibility index (Phi) is 6.32. The lowest BCUT2D eigenvalue weighted by Crippen LogP contribution is -2.15. The number of nitrogens with zero attached hydrogens (tertiary/aromatic N) is 2. The van der Waals surface area contributed by atoms with Gasteiger partial charge in [0.2, 0.25) is 5.90 Å². The average molecular weight is 368 g/mol. The van der Waals surface area contributed by atoms with E-state index in [4.69, 9.17) is 9.47 Å². The maximum Gasteiger partial charge on any atom is 0.218 e. The fourth-order valence-corrected chi connectivity index (χ4v) is 3.40. The van der Waals surface area contributed by atoms with Gasteiger partial charge >= 0.3 is 0 Å². The van der Waals surface area contributed by atoms with Crippen molar-refractivity contribution in [2.24, 2.45) is 4.99 Å². The topological polar surface area (TPSA) is 81.0 Å². The molecule has 0 fully saturated rings. The first-order valence-electron chi connectivity index (χ1n) is 8.93. The summed E-state index contributed by atoms with van der Waals surface area (Å²) < 4.78 is 10.6. The van der Waals surface area contributed by atoms with Crippen LogP contribution in [0.25, 0.3) is 0 Å². The second kappa shape index (κ2) is 8.88. The van der Waals surface area contributed by atoms with Crippen molar-refractivity contribution >= 4 is 11.7 Å². The Bertz CT molecular complexity index is 834. The summed E-state index contributed by atoms with van der Waals surface area (Å²) in [7, 11) is 3.19. The molecule has 0 amide bonds. The Hall–Kier alpha value is -2.57. The van der Waals surface area contributed by atoms with Gasteiger partial charge < -0.3 is 14.6 Å². The van der Waals surface area contributed by atoms with Crippen molar-refractivity contribution < 1.29 is 19.4 Å². The minimum absolute atomic E-state index is 0.0413. The number of carbonyl (C=O) groups is 1. The largest absolute Gasteiger partial charge is 0.481 e. The van der Waals surface area contributed by atoms with Gasteiger partial charge in [-0.05, 0) is 17.2 Å². The molecule has 1 aliphatic heterocycles. The first kappa shape index (κ1) is 19.2. The molecule has 0 bridgehead atoms. The van der Waals surface area contributed by atoms with Crippen LogP contribution in [0.2, 0.25) is 0 Å². The summed E-state index contributed by atoms with van der Waals surface area (Å²) in [5.41, 5.74) is 4.26. The Morgan fingerprint density at radius 1 is 1.26 bits per heavy atom. The first-order chi connectivity index (χ1) is 13.2. The van der Waals surface area contributed by atoms with Crippen molar-refractivity contribution in [2.45, 2.75) is 31.9 Å². The Morgan fingerprint density at radius 2 is 2.04 bits per heavy atom. The molecule has 6 nitrogen and oxygen atoms in total. The number of aliphatic hydroxyl groups is 1. The number of hydrogen-bond acceptors (Lipinski definition) is 6. The third kappa shape index (κ3) is 4.40.